The summed E-state index contributed by atoms with van der Waals surface area (Å²) in [5.74, 6) is 1.38. The number of benzene rings is 1. The monoisotopic (exact) mass is 314 g/mol. The highest BCUT2D eigenvalue weighted by molar-refractivity contribution is 5.46. The van der Waals surface area contributed by atoms with Crippen LogP contribution in [0, 0.1) is 11.7 Å². The minimum Gasteiger partial charge on any atom is -0.384 e. The Labute approximate surface area is 133 Å². The van der Waals surface area contributed by atoms with Gasteiger partial charge in [-0.1, -0.05) is 18.2 Å². The van der Waals surface area contributed by atoms with Crippen LogP contribution in [0.2, 0.25) is 0 Å². The average molecular weight is 314 g/mol. The van der Waals surface area contributed by atoms with E-state index < -0.39 is 0 Å². The van der Waals surface area contributed by atoms with Crippen molar-refractivity contribution in [2.45, 2.75) is 18.5 Å². The number of fused-ring (bicyclic) bond motifs is 1. The normalized spacial score (nSPS) is 27.0. The van der Waals surface area contributed by atoms with E-state index in [4.69, 9.17) is 5.73 Å². The minimum absolute atomic E-state index is 0.0526. The lowest BCUT2D eigenvalue weighted by atomic mass is 9.85. The van der Waals surface area contributed by atoms with Gasteiger partial charge < -0.3 is 10.6 Å². The fourth-order valence-electron chi connectivity index (χ4n) is 3.58. The van der Waals surface area contributed by atoms with Crippen molar-refractivity contribution in [1.29, 1.82) is 0 Å². The van der Waals surface area contributed by atoms with E-state index in [1.54, 1.807) is 12.1 Å². The second-order valence-corrected chi connectivity index (χ2v) is 6.09. The summed E-state index contributed by atoms with van der Waals surface area (Å²) in [4.78, 5) is 10.4. The minimum atomic E-state index is -0.171. The van der Waals surface area contributed by atoms with E-state index in [-0.39, 0.29) is 17.8 Å². The molecular weight excluding hydrogens is 295 g/mol. The molecule has 3 atom stereocenters. The van der Waals surface area contributed by atoms with Gasteiger partial charge in [0.15, 0.2) is 0 Å². The van der Waals surface area contributed by atoms with Crippen LogP contribution in [-0.2, 0) is 0 Å². The number of halogens is 1. The number of hydrazine groups is 1. The third-order valence-corrected chi connectivity index (χ3v) is 4.75. The molecule has 4 rings (SSSR count). The van der Waals surface area contributed by atoms with Gasteiger partial charge in [-0.3, -0.25) is 5.43 Å². The summed E-state index contributed by atoms with van der Waals surface area (Å²) in [6, 6.07) is 9.01. The summed E-state index contributed by atoms with van der Waals surface area (Å²) in [5, 5.41) is 0. The summed E-state index contributed by atoms with van der Waals surface area (Å²) in [5.41, 5.74) is 13.0. The molecule has 0 bridgehead atoms. The fourth-order valence-corrected chi connectivity index (χ4v) is 3.58. The molecule has 0 radical (unpaired) electrons. The first-order valence-electron chi connectivity index (χ1n) is 7.80. The molecule has 6 nitrogen and oxygen atoms in total. The van der Waals surface area contributed by atoms with Crippen LogP contribution in [-0.4, -0.2) is 29.1 Å². The lowest BCUT2D eigenvalue weighted by molar-refractivity contribution is 0.351. The first kappa shape index (κ1) is 14.3. The van der Waals surface area contributed by atoms with Gasteiger partial charge in [0.25, 0.3) is 0 Å². The van der Waals surface area contributed by atoms with Gasteiger partial charge in [0.05, 0.1) is 6.04 Å². The van der Waals surface area contributed by atoms with E-state index in [9.17, 15) is 4.39 Å². The molecule has 3 heterocycles. The zero-order chi connectivity index (χ0) is 15.8. The maximum absolute atomic E-state index is 14.2. The van der Waals surface area contributed by atoms with Gasteiger partial charge in [0.1, 0.15) is 23.8 Å². The predicted molar refractivity (Wildman–Crippen MR) is 86.0 cm³/mol. The second-order valence-electron chi connectivity index (χ2n) is 6.09. The molecule has 2 fully saturated rings. The topological polar surface area (TPSA) is 79.1 Å². The van der Waals surface area contributed by atoms with Crippen LogP contribution in [0.15, 0.2) is 36.7 Å². The molecule has 23 heavy (non-hydrogen) atoms. The number of nitrogens with one attached hydrogen (secondary N) is 2. The van der Waals surface area contributed by atoms with E-state index >= 15 is 0 Å². The van der Waals surface area contributed by atoms with Gasteiger partial charge in [-0.2, -0.15) is 0 Å². The van der Waals surface area contributed by atoms with Crippen molar-refractivity contribution in [3.8, 4) is 0 Å². The number of piperidine rings is 1. The molecule has 0 aliphatic carbocycles. The summed E-state index contributed by atoms with van der Waals surface area (Å²) >= 11 is 0. The van der Waals surface area contributed by atoms with Gasteiger partial charge in [-0.25, -0.2) is 19.8 Å². The highest BCUT2D eigenvalue weighted by Gasteiger charge is 2.41. The molecule has 120 valence electrons. The van der Waals surface area contributed by atoms with Crippen molar-refractivity contribution in [3.05, 3.63) is 48.0 Å². The number of nitrogen functional groups attached to an aromatic ring is 1. The van der Waals surface area contributed by atoms with Gasteiger partial charge in [0.2, 0.25) is 0 Å². The molecule has 4 N–H and O–H groups in total. The Kier molecular flexibility index (Phi) is 3.59. The SMILES string of the molecule is Nc1cc(N2CCC3NNC(c4ccccc4F)C3C2)ncn1. The third kappa shape index (κ3) is 2.62. The number of aromatic nitrogens is 2. The fraction of sp³-hybridized carbons (Fsp3) is 0.375. The molecule has 0 amide bonds. The van der Waals surface area contributed by atoms with Crippen LogP contribution in [0.3, 0.4) is 0 Å². The maximum atomic E-state index is 14.2. The summed E-state index contributed by atoms with van der Waals surface area (Å²) < 4.78 is 14.2. The van der Waals surface area contributed by atoms with Crippen LogP contribution in [0.1, 0.15) is 18.0 Å². The Morgan fingerprint density at radius 2 is 2.09 bits per heavy atom. The molecule has 2 aliphatic heterocycles. The molecule has 1 aromatic carbocycles. The van der Waals surface area contributed by atoms with Crippen LogP contribution in [0.5, 0.6) is 0 Å². The lowest BCUT2D eigenvalue weighted by Gasteiger charge is -2.36. The highest BCUT2D eigenvalue weighted by Crippen LogP contribution is 2.35. The van der Waals surface area contributed by atoms with E-state index in [2.05, 4.69) is 25.7 Å². The summed E-state index contributed by atoms with van der Waals surface area (Å²) in [6.07, 6.45) is 2.45. The number of anilines is 2. The van der Waals surface area contributed by atoms with Crippen molar-refractivity contribution in [3.63, 3.8) is 0 Å². The van der Waals surface area contributed by atoms with Crippen molar-refractivity contribution in [2.75, 3.05) is 23.7 Å². The predicted octanol–water partition coefficient (Wildman–Crippen LogP) is 1.24. The number of rotatable bonds is 2. The second kappa shape index (κ2) is 5.75. The van der Waals surface area contributed by atoms with Crippen molar-refractivity contribution in [1.82, 2.24) is 20.8 Å². The van der Waals surface area contributed by atoms with E-state index in [0.717, 1.165) is 25.3 Å². The van der Waals surface area contributed by atoms with Crippen molar-refractivity contribution < 1.29 is 4.39 Å². The van der Waals surface area contributed by atoms with Crippen molar-refractivity contribution >= 4 is 11.6 Å². The first-order valence-corrected chi connectivity index (χ1v) is 7.80. The van der Waals surface area contributed by atoms with E-state index in [1.807, 2.05) is 12.1 Å². The van der Waals surface area contributed by atoms with Crippen LogP contribution in [0.4, 0.5) is 16.0 Å². The molecule has 3 unspecified atom stereocenters. The Morgan fingerprint density at radius 1 is 1.22 bits per heavy atom. The number of hydrogen-bond acceptors (Lipinski definition) is 6. The van der Waals surface area contributed by atoms with Gasteiger partial charge in [-0.15, -0.1) is 0 Å². The van der Waals surface area contributed by atoms with Crippen LogP contribution >= 0.6 is 0 Å². The average Bonchev–Trinajstić information content (AvgIpc) is 2.98. The summed E-state index contributed by atoms with van der Waals surface area (Å²) in [7, 11) is 0. The Hall–Kier alpha value is -2.25. The summed E-state index contributed by atoms with van der Waals surface area (Å²) in [6.45, 7) is 1.68. The largest absolute Gasteiger partial charge is 0.384 e. The Bertz CT molecular complexity index is 708. The Morgan fingerprint density at radius 3 is 2.91 bits per heavy atom. The quantitative estimate of drug-likeness (QED) is 0.774. The molecule has 7 heteroatoms. The molecule has 0 saturated carbocycles. The van der Waals surface area contributed by atoms with E-state index in [0.29, 0.717) is 17.4 Å². The van der Waals surface area contributed by atoms with Gasteiger partial charge >= 0.3 is 0 Å². The maximum Gasteiger partial charge on any atom is 0.134 e. The van der Waals surface area contributed by atoms with Crippen molar-refractivity contribution in [2.24, 2.45) is 5.92 Å². The Balaban J connectivity index is 1.59. The zero-order valence-corrected chi connectivity index (χ0v) is 12.6. The molecule has 0 spiro atoms. The number of hydrogen-bond donors (Lipinski definition) is 3. The molecule has 2 saturated heterocycles. The molecule has 2 aromatic rings. The number of nitrogens with zero attached hydrogens (tertiary/aromatic N) is 3. The highest BCUT2D eigenvalue weighted by atomic mass is 19.1. The van der Waals surface area contributed by atoms with E-state index in [1.165, 1.54) is 12.4 Å². The molecule has 2 aliphatic rings. The zero-order valence-electron chi connectivity index (χ0n) is 12.6. The molecule has 1 aromatic heterocycles. The van der Waals surface area contributed by atoms with Gasteiger partial charge in [0, 0.05) is 36.7 Å². The standard InChI is InChI=1S/C16H19FN6/c17-12-4-2-1-3-10(12)16-11-8-23(6-5-13(11)21-22-16)15-7-14(18)19-9-20-15/h1-4,7,9,11,13,16,21-22H,5-6,8H2,(H2,18,19,20). The van der Waals surface area contributed by atoms with Crippen LogP contribution in [0.25, 0.3) is 0 Å². The van der Waals surface area contributed by atoms with Gasteiger partial charge in [-0.05, 0) is 12.5 Å². The first-order chi connectivity index (χ1) is 11.2. The third-order valence-electron chi connectivity index (χ3n) is 4.75. The van der Waals surface area contributed by atoms with Crippen LogP contribution < -0.4 is 21.5 Å². The molecular formula is C16H19FN6. The lowest BCUT2D eigenvalue weighted by Crippen LogP contribution is -2.46. The number of nitrogens with two attached hydrogens (primary N) is 1. The smallest absolute Gasteiger partial charge is 0.134 e.